The molecule has 5 heteroatoms. The van der Waals surface area contributed by atoms with E-state index < -0.39 is 0 Å². The second-order valence-electron chi connectivity index (χ2n) is 4.39. The van der Waals surface area contributed by atoms with Gasteiger partial charge in [0.2, 0.25) is 0 Å². The Balaban J connectivity index is 2.26. The fraction of sp³-hybridized carbons (Fsp3) is 0.118. The van der Waals surface area contributed by atoms with Gasteiger partial charge in [0.1, 0.15) is 17.6 Å². The van der Waals surface area contributed by atoms with E-state index in [9.17, 15) is 5.26 Å². The molecule has 112 valence electrons. The smallest absolute Gasteiger partial charge is 0.145 e. The van der Waals surface area contributed by atoms with Crippen molar-refractivity contribution in [2.24, 2.45) is 0 Å². The first-order valence-corrected chi connectivity index (χ1v) is 6.90. The lowest BCUT2D eigenvalue weighted by molar-refractivity contribution is 0.395. The summed E-state index contributed by atoms with van der Waals surface area (Å²) in [6, 6.07) is 14.6. The van der Waals surface area contributed by atoms with Crippen LogP contribution in [0.3, 0.4) is 0 Å². The van der Waals surface area contributed by atoms with Gasteiger partial charge in [0.15, 0.2) is 0 Å². The number of nitriles is 1. The Labute approximate surface area is 134 Å². The van der Waals surface area contributed by atoms with Gasteiger partial charge >= 0.3 is 0 Å². The summed E-state index contributed by atoms with van der Waals surface area (Å²) in [5.74, 6) is 1.33. The van der Waals surface area contributed by atoms with Gasteiger partial charge in [0, 0.05) is 17.3 Å². The van der Waals surface area contributed by atoms with Crippen LogP contribution in [-0.4, -0.2) is 14.2 Å². The van der Waals surface area contributed by atoms with E-state index in [1.807, 2.05) is 12.1 Å². The number of rotatable bonds is 5. The Kier molecular flexibility index (Phi) is 5.29. The van der Waals surface area contributed by atoms with Crippen molar-refractivity contribution in [3.8, 4) is 17.6 Å². The number of benzene rings is 2. The van der Waals surface area contributed by atoms with E-state index in [-0.39, 0.29) is 0 Å². The molecule has 0 spiro atoms. The maximum absolute atomic E-state index is 9.29. The van der Waals surface area contributed by atoms with E-state index >= 15 is 0 Å². The van der Waals surface area contributed by atoms with Crippen molar-refractivity contribution in [3.63, 3.8) is 0 Å². The zero-order valence-corrected chi connectivity index (χ0v) is 13.0. The van der Waals surface area contributed by atoms with Crippen LogP contribution >= 0.6 is 11.6 Å². The van der Waals surface area contributed by atoms with Crippen LogP contribution in [0.1, 0.15) is 5.56 Å². The number of nitrogens with one attached hydrogen (secondary N) is 1. The molecular formula is C17H15ClN2O2. The lowest BCUT2D eigenvalue weighted by Gasteiger charge is -2.10. The molecule has 0 bridgehead atoms. The minimum absolute atomic E-state index is 0.495. The average molecular weight is 315 g/mol. The van der Waals surface area contributed by atoms with Gasteiger partial charge in [-0.05, 0) is 29.8 Å². The van der Waals surface area contributed by atoms with Crippen molar-refractivity contribution in [1.82, 2.24) is 0 Å². The van der Waals surface area contributed by atoms with Crippen molar-refractivity contribution in [2.45, 2.75) is 0 Å². The minimum atomic E-state index is 0.495. The van der Waals surface area contributed by atoms with Crippen LogP contribution in [0.15, 0.2) is 48.7 Å². The summed E-state index contributed by atoms with van der Waals surface area (Å²) in [6.45, 7) is 0. The molecule has 0 amide bonds. The number of hydrogen-bond acceptors (Lipinski definition) is 4. The third-order valence-electron chi connectivity index (χ3n) is 3.06. The first kappa shape index (κ1) is 15.7. The fourth-order valence-electron chi connectivity index (χ4n) is 1.88. The van der Waals surface area contributed by atoms with Gasteiger partial charge in [-0.1, -0.05) is 23.7 Å². The molecule has 0 saturated heterocycles. The van der Waals surface area contributed by atoms with Crippen LogP contribution in [0.5, 0.6) is 11.5 Å². The average Bonchev–Trinajstić information content (AvgIpc) is 2.56. The summed E-state index contributed by atoms with van der Waals surface area (Å²) in [7, 11) is 3.17. The van der Waals surface area contributed by atoms with Crippen LogP contribution < -0.4 is 14.8 Å². The van der Waals surface area contributed by atoms with Crippen molar-refractivity contribution in [2.75, 3.05) is 19.5 Å². The second-order valence-corrected chi connectivity index (χ2v) is 4.82. The minimum Gasteiger partial charge on any atom is -0.497 e. The Morgan fingerprint density at radius 2 is 1.86 bits per heavy atom. The molecule has 2 aromatic carbocycles. The number of anilines is 1. The monoisotopic (exact) mass is 314 g/mol. The number of halogens is 1. The van der Waals surface area contributed by atoms with Crippen LogP contribution in [0.4, 0.5) is 5.69 Å². The molecule has 0 saturated carbocycles. The highest BCUT2D eigenvalue weighted by Crippen LogP contribution is 2.29. The molecule has 2 aromatic rings. The van der Waals surface area contributed by atoms with Crippen LogP contribution in [0.2, 0.25) is 5.02 Å². The molecule has 0 fully saturated rings. The van der Waals surface area contributed by atoms with Crippen molar-refractivity contribution >= 4 is 22.9 Å². The first-order valence-electron chi connectivity index (χ1n) is 6.52. The lowest BCUT2D eigenvalue weighted by atomic mass is 10.1. The van der Waals surface area contributed by atoms with Crippen LogP contribution in [0, 0.1) is 11.3 Å². The molecule has 0 aliphatic carbocycles. The highest BCUT2D eigenvalue weighted by molar-refractivity contribution is 6.30. The zero-order valence-electron chi connectivity index (χ0n) is 12.3. The van der Waals surface area contributed by atoms with Crippen LogP contribution in [-0.2, 0) is 0 Å². The molecule has 0 heterocycles. The molecule has 0 radical (unpaired) electrons. The highest BCUT2D eigenvalue weighted by Gasteiger charge is 2.05. The van der Waals surface area contributed by atoms with Gasteiger partial charge in [-0.15, -0.1) is 0 Å². The van der Waals surface area contributed by atoms with E-state index in [4.69, 9.17) is 21.1 Å². The van der Waals surface area contributed by atoms with E-state index in [2.05, 4.69) is 11.4 Å². The summed E-state index contributed by atoms with van der Waals surface area (Å²) < 4.78 is 10.5. The molecule has 1 N–H and O–H groups in total. The molecule has 0 aromatic heterocycles. The van der Waals surface area contributed by atoms with Crippen molar-refractivity contribution in [1.29, 1.82) is 5.26 Å². The molecule has 0 atom stereocenters. The van der Waals surface area contributed by atoms with Gasteiger partial charge in [-0.2, -0.15) is 5.26 Å². The van der Waals surface area contributed by atoms with E-state index in [1.54, 1.807) is 50.8 Å². The number of hydrogen-bond donors (Lipinski definition) is 1. The number of allylic oxidation sites excluding steroid dienone is 1. The van der Waals surface area contributed by atoms with Gasteiger partial charge in [0.05, 0.1) is 25.5 Å². The standard InChI is InChI=1S/C17H15ClN2O2/c1-21-15-7-8-16(17(9-15)22-2)20-11-13(10-19)12-3-5-14(18)6-4-12/h3-9,11,20H,1-2H3/b13-11+. The molecule has 4 nitrogen and oxygen atoms in total. The fourth-order valence-corrected chi connectivity index (χ4v) is 2.00. The molecular weight excluding hydrogens is 300 g/mol. The Morgan fingerprint density at radius 3 is 2.45 bits per heavy atom. The number of ether oxygens (including phenoxy) is 2. The predicted molar refractivity (Wildman–Crippen MR) is 88.2 cm³/mol. The Hall–Kier alpha value is -2.64. The largest absolute Gasteiger partial charge is 0.497 e. The molecule has 22 heavy (non-hydrogen) atoms. The van der Waals surface area contributed by atoms with Gasteiger partial charge in [0.25, 0.3) is 0 Å². The summed E-state index contributed by atoms with van der Waals surface area (Å²) >= 11 is 5.85. The summed E-state index contributed by atoms with van der Waals surface area (Å²) in [5, 5.41) is 13.0. The first-order chi connectivity index (χ1) is 10.7. The SMILES string of the molecule is COc1ccc(N/C=C(\C#N)c2ccc(Cl)cc2)c(OC)c1. The number of nitrogens with zero attached hydrogens (tertiary/aromatic N) is 1. The van der Waals surface area contributed by atoms with E-state index in [0.717, 1.165) is 11.3 Å². The third kappa shape index (κ3) is 3.72. The van der Waals surface area contributed by atoms with Gasteiger partial charge in [-0.3, -0.25) is 0 Å². The summed E-state index contributed by atoms with van der Waals surface area (Å²) in [4.78, 5) is 0. The molecule has 0 aliphatic heterocycles. The number of methoxy groups -OCH3 is 2. The van der Waals surface area contributed by atoms with E-state index in [1.165, 1.54) is 0 Å². The van der Waals surface area contributed by atoms with Gasteiger partial charge < -0.3 is 14.8 Å². The third-order valence-corrected chi connectivity index (χ3v) is 3.31. The molecule has 0 unspecified atom stereocenters. The Morgan fingerprint density at radius 1 is 1.14 bits per heavy atom. The van der Waals surface area contributed by atoms with Crippen molar-refractivity contribution < 1.29 is 9.47 Å². The Bertz CT molecular complexity index is 718. The quantitative estimate of drug-likeness (QED) is 0.834. The predicted octanol–water partition coefficient (Wildman–Crippen LogP) is 4.33. The van der Waals surface area contributed by atoms with Crippen LogP contribution in [0.25, 0.3) is 5.57 Å². The van der Waals surface area contributed by atoms with E-state index in [0.29, 0.717) is 22.1 Å². The lowest BCUT2D eigenvalue weighted by Crippen LogP contribution is -1.95. The maximum Gasteiger partial charge on any atom is 0.145 e. The van der Waals surface area contributed by atoms with Gasteiger partial charge in [-0.25, -0.2) is 0 Å². The van der Waals surface area contributed by atoms with Crippen molar-refractivity contribution in [3.05, 3.63) is 59.3 Å². The summed E-state index contributed by atoms with van der Waals surface area (Å²) in [6.07, 6.45) is 1.63. The maximum atomic E-state index is 9.29. The zero-order chi connectivity index (χ0) is 15.9. The molecule has 2 rings (SSSR count). The normalized spacial score (nSPS) is 10.7. The highest BCUT2D eigenvalue weighted by atomic mass is 35.5. The summed E-state index contributed by atoms with van der Waals surface area (Å²) in [5.41, 5.74) is 2.02. The second kappa shape index (κ2) is 7.39. The topological polar surface area (TPSA) is 54.3 Å². The molecule has 0 aliphatic rings.